The average molecular weight is 194 g/mol. The maximum Gasteiger partial charge on any atom is 0.172 e. The van der Waals surface area contributed by atoms with Crippen LogP contribution in [0.3, 0.4) is 0 Å². The summed E-state index contributed by atoms with van der Waals surface area (Å²) in [6.45, 7) is 0. The van der Waals surface area contributed by atoms with Gasteiger partial charge in [0, 0.05) is 18.4 Å². The SMILES string of the molecule is S=C(Nc1cnccn1)NC1CC1. The third-order valence-electron chi connectivity index (χ3n) is 1.72. The van der Waals surface area contributed by atoms with E-state index >= 15 is 0 Å². The Kier molecular flexibility index (Phi) is 2.35. The number of nitrogens with one attached hydrogen (secondary N) is 2. The van der Waals surface area contributed by atoms with Crippen molar-refractivity contribution >= 4 is 23.1 Å². The molecule has 1 aliphatic rings. The predicted octanol–water partition coefficient (Wildman–Crippen LogP) is 0.925. The molecule has 4 nitrogen and oxygen atoms in total. The van der Waals surface area contributed by atoms with Crippen LogP contribution in [0.15, 0.2) is 18.6 Å². The quantitative estimate of drug-likeness (QED) is 0.686. The molecule has 0 amide bonds. The molecule has 0 unspecified atom stereocenters. The molecule has 1 aliphatic carbocycles. The Bertz CT molecular complexity index is 296. The molecule has 5 heteroatoms. The van der Waals surface area contributed by atoms with Gasteiger partial charge in [0.2, 0.25) is 0 Å². The Morgan fingerprint density at radius 2 is 2.31 bits per heavy atom. The molecular formula is C8H10N4S. The van der Waals surface area contributed by atoms with Crippen LogP contribution in [0, 0.1) is 0 Å². The Morgan fingerprint density at radius 3 is 2.92 bits per heavy atom. The van der Waals surface area contributed by atoms with E-state index in [1.54, 1.807) is 18.6 Å². The highest BCUT2D eigenvalue weighted by Crippen LogP contribution is 2.18. The van der Waals surface area contributed by atoms with E-state index < -0.39 is 0 Å². The van der Waals surface area contributed by atoms with Gasteiger partial charge in [-0.3, -0.25) is 4.98 Å². The summed E-state index contributed by atoms with van der Waals surface area (Å²) < 4.78 is 0. The molecule has 0 spiro atoms. The first-order valence-electron chi connectivity index (χ1n) is 4.18. The monoisotopic (exact) mass is 194 g/mol. The van der Waals surface area contributed by atoms with Crippen molar-refractivity contribution in [3.8, 4) is 0 Å². The summed E-state index contributed by atoms with van der Waals surface area (Å²) >= 11 is 5.06. The van der Waals surface area contributed by atoms with Gasteiger partial charge in [0.15, 0.2) is 10.9 Å². The normalized spacial score (nSPS) is 15.1. The Hall–Kier alpha value is -1.23. The van der Waals surface area contributed by atoms with Crippen molar-refractivity contribution in [1.82, 2.24) is 15.3 Å². The van der Waals surface area contributed by atoms with E-state index in [0.717, 1.165) is 0 Å². The first-order chi connectivity index (χ1) is 6.34. The second-order valence-corrected chi connectivity index (χ2v) is 3.37. The largest absolute Gasteiger partial charge is 0.360 e. The maximum absolute atomic E-state index is 5.06. The van der Waals surface area contributed by atoms with Crippen LogP contribution in [-0.4, -0.2) is 21.1 Å². The van der Waals surface area contributed by atoms with Gasteiger partial charge in [-0.2, -0.15) is 0 Å². The van der Waals surface area contributed by atoms with Gasteiger partial charge >= 0.3 is 0 Å². The Labute approximate surface area is 81.8 Å². The van der Waals surface area contributed by atoms with Crippen LogP contribution in [0.2, 0.25) is 0 Å². The first kappa shape index (κ1) is 8.37. The summed E-state index contributed by atoms with van der Waals surface area (Å²) in [5.74, 6) is 0.681. The number of hydrogen-bond donors (Lipinski definition) is 2. The van der Waals surface area contributed by atoms with E-state index in [9.17, 15) is 0 Å². The minimum Gasteiger partial charge on any atom is -0.360 e. The Balaban J connectivity index is 1.86. The lowest BCUT2D eigenvalue weighted by Gasteiger charge is -2.07. The fraction of sp³-hybridized carbons (Fsp3) is 0.375. The molecule has 2 rings (SSSR count). The average Bonchev–Trinajstić information content (AvgIpc) is 2.90. The lowest BCUT2D eigenvalue weighted by molar-refractivity contribution is 0.918. The standard InChI is InChI=1S/C8H10N4S/c13-8(11-6-1-2-6)12-7-5-9-3-4-10-7/h3-6H,1-2H2,(H2,10,11,12,13). The third-order valence-corrected chi connectivity index (χ3v) is 1.94. The van der Waals surface area contributed by atoms with Crippen LogP contribution in [0.1, 0.15) is 12.8 Å². The molecule has 68 valence electrons. The fourth-order valence-electron chi connectivity index (χ4n) is 0.929. The van der Waals surface area contributed by atoms with Gasteiger partial charge in [-0.1, -0.05) is 0 Å². The van der Waals surface area contributed by atoms with E-state index in [0.29, 0.717) is 17.0 Å². The van der Waals surface area contributed by atoms with E-state index in [1.807, 2.05) is 0 Å². The van der Waals surface area contributed by atoms with Crippen LogP contribution < -0.4 is 10.6 Å². The molecule has 0 aliphatic heterocycles. The van der Waals surface area contributed by atoms with E-state index in [-0.39, 0.29) is 0 Å². The lowest BCUT2D eigenvalue weighted by atomic mass is 10.6. The summed E-state index contributed by atoms with van der Waals surface area (Å²) in [6, 6.07) is 0.566. The zero-order valence-corrected chi connectivity index (χ0v) is 7.84. The smallest absolute Gasteiger partial charge is 0.172 e. The molecule has 0 atom stereocenters. The van der Waals surface area contributed by atoms with Crippen LogP contribution in [0.5, 0.6) is 0 Å². The fourth-order valence-corrected chi connectivity index (χ4v) is 1.20. The summed E-state index contributed by atoms with van der Waals surface area (Å²) in [6.07, 6.45) is 7.32. The van der Waals surface area contributed by atoms with Crippen molar-refractivity contribution in [2.24, 2.45) is 0 Å². The first-order valence-corrected chi connectivity index (χ1v) is 4.59. The van der Waals surface area contributed by atoms with Crippen molar-refractivity contribution in [2.75, 3.05) is 5.32 Å². The predicted molar refractivity (Wildman–Crippen MR) is 54.4 cm³/mol. The van der Waals surface area contributed by atoms with Gasteiger partial charge in [-0.05, 0) is 25.1 Å². The van der Waals surface area contributed by atoms with Crippen LogP contribution in [-0.2, 0) is 0 Å². The molecule has 1 aromatic heterocycles. The molecule has 1 aromatic rings. The van der Waals surface area contributed by atoms with Crippen molar-refractivity contribution in [2.45, 2.75) is 18.9 Å². The number of rotatable bonds is 2. The zero-order valence-electron chi connectivity index (χ0n) is 7.03. The van der Waals surface area contributed by atoms with Gasteiger partial charge in [0.1, 0.15) is 0 Å². The molecule has 0 aromatic carbocycles. The van der Waals surface area contributed by atoms with Crippen molar-refractivity contribution in [3.05, 3.63) is 18.6 Å². The Morgan fingerprint density at radius 1 is 1.46 bits per heavy atom. The molecular weight excluding hydrogens is 184 g/mol. The van der Waals surface area contributed by atoms with E-state index in [2.05, 4.69) is 20.6 Å². The molecule has 1 heterocycles. The van der Waals surface area contributed by atoms with E-state index in [1.165, 1.54) is 12.8 Å². The minimum absolute atomic E-state index is 0.566. The molecule has 0 radical (unpaired) electrons. The van der Waals surface area contributed by atoms with Gasteiger partial charge in [0.05, 0.1) is 6.20 Å². The van der Waals surface area contributed by atoms with Gasteiger partial charge < -0.3 is 10.6 Å². The molecule has 0 bridgehead atoms. The van der Waals surface area contributed by atoms with E-state index in [4.69, 9.17) is 12.2 Å². The van der Waals surface area contributed by atoms with Crippen molar-refractivity contribution in [1.29, 1.82) is 0 Å². The molecule has 1 fully saturated rings. The second kappa shape index (κ2) is 3.66. The van der Waals surface area contributed by atoms with Crippen LogP contribution in [0.25, 0.3) is 0 Å². The molecule has 0 saturated heterocycles. The second-order valence-electron chi connectivity index (χ2n) is 2.96. The summed E-state index contributed by atoms with van der Waals surface area (Å²) in [5, 5.41) is 6.74. The van der Waals surface area contributed by atoms with Gasteiger partial charge in [-0.25, -0.2) is 4.98 Å². The number of thiocarbonyl (C=S) groups is 1. The maximum atomic E-state index is 5.06. The zero-order chi connectivity index (χ0) is 9.10. The summed E-state index contributed by atoms with van der Waals surface area (Å²) in [4.78, 5) is 7.97. The molecule has 2 N–H and O–H groups in total. The minimum atomic E-state index is 0.566. The van der Waals surface area contributed by atoms with Gasteiger partial charge in [-0.15, -0.1) is 0 Å². The van der Waals surface area contributed by atoms with Crippen LogP contribution in [0.4, 0.5) is 5.82 Å². The number of aromatic nitrogens is 2. The summed E-state index contributed by atoms with van der Waals surface area (Å²) in [5.41, 5.74) is 0. The topological polar surface area (TPSA) is 49.8 Å². The lowest BCUT2D eigenvalue weighted by Crippen LogP contribution is -2.30. The van der Waals surface area contributed by atoms with Gasteiger partial charge in [0.25, 0.3) is 0 Å². The van der Waals surface area contributed by atoms with Crippen molar-refractivity contribution < 1.29 is 0 Å². The van der Waals surface area contributed by atoms with Crippen LogP contribution >= 0.6 is 12.2 Å². The molecule has 1 saturated carbocycles. The number of hydrogen-bond acceptors (Lipinski definition) is 3. The number of anilines is 1. The highest BCUT2D eigenvalue weighted by molar-refractivity contribution is 7.80. The highest BCUT2D eigenvalue weighted by atomic mass is 32.1. The summed E-state index contributed by atoms with van der Waals surface area (Å²) in [7, 11) is 0. The third kappa shape index (κ3) is 2.62. The highest BCUT2D eigenvalue weighted by Gasteiger charge is 2.21. The van der Waals surface area contributed by atoms with Crippen molar-refractivity contribution in [3.63, 3.8) is 0 Å². The number of nitrogens with zero attached hydrogens (tertiary/aromatic N) is 2. The molecule has 13 heavy (non-hydrogen) atoms.